The minimum Gasteiger partial charge on any atom is -0.486 e. The average molecular weight is 491 g/mol. The van der Waals surface area contributed by atoms with Crippen molar-refractivity contribution in [1.82, 2.24) is 15.2 Å². The van der Waals surface area contributed by atoms with Crippen LogP contribution in [0.4, 0.5) is 5.13 Å². The quantitative estimate of drug-likeness (QED) is 0.567. The van der Waals surface area contributed by atoms with Gasteiger partial charge in [0.05, 0.1) is 16.5 Å². The van der Waals surface area contributed by atoms with Gasteiger partial charge in [-0.15, -0.1) is 0 Å². The number of nitrogens with one attached hydrogen (secondary N) is 1. The normalized spacial score (nSPS) is 22.0. The Morgan fingerprint density at radius 3 is 2.86 bits per heavy atom. The number of para-hydroxylation sites is 1. The van der Waals surface area contributed by atoms with E-state index in [2.05, 4.69) is 10.3 Å². The van der Waals surface area contributed by atoms with Crippen LogP contribution in [0.2, 0.25) is 0 Å². The van der Waals surface area contributed by atoms with E-state index in [-0.39, 0.29) is 23.9 Å². The predicted octanol–water partition coefficient (Wildman–Crippen LogP) is 3.50. The molecule has 3 heterocycles. The molecule has 3 aromatic rings. The maximum absolute atomic E-state index is 13.8. The zero-order chi connectivity index (χ0) is 24.1. The van der Waals surface area contributed by atoms with Crippen molar-refractivity contribution in [2.75, 3.05) is 25.5 Å². The first-order valence-corrected chi connectivity index (χ1v) is 12.6. The van der Waals surface area contributed by atoms with E-state index in [0.29, 0.717) is 53.6 Å². The second-order valence-electron chi connectivity index (χ2n) is 9.30. The van der Waals surface area contributed by atoms with Crippen LogP contribution in [-0.2, 0) is 0 Å². The number of aromatic nitrogens is 1. The van der Waals surface area contributed by atoms with Crippen LogP contribution in [0, 0.1) is 12.8 Å². The van der Waals surface area contributed by atoms with Crippen LogP contribution in [0.5, 0.6) is 11.5 Å². The van der Waals surface area contributed by atoms with Gasteiger partial charge in [-0.2, -0.15) is 0 Å². The Balaban J connectivity index is 1.22. The molecule has 2 aromatic carbocycles. The Bertz CT molecular complexity index is 1320. The number of carbonyl (C=O) groups excluding carboxylic acids is 2. The first-order chi connectivity index (χ1) is 17.0. The molecule has 180 valence electrons. The SMILES string of the molecule is Cc1cccc(-c2sc(N)nc2C(=O)N2C(CNC(=O)c3cccc4c3OCCO4)CC3C[C@@H]32)c1. The second-order valence-corrected chi connectivity index (χ2v) is 10.3. The molecule has 2 fully saturated rings. The lowest BCUT2D eigenvalue weighted by molar-refractivity contribution is 0.0684. The Morgan fingerprint density at radius 1 is 1.17 bits per heavy atom. The summed E-state index contributed by atoms with van der Waals surface area (Å²) in [4.78, 5) is 33.9. The summed E-state index contributed by atoms with van der Waals surface area (Å²) < 4.78 is 11.3. The van der Waals surface area contributed by atoms with Crippen LogP contribution in [0.15, 0.2) is 42.5 Å². The lowest BCUT2D eigenvalue weighted by Crippen LogP contribution is -2.45. The highest BCUT2D eigenvalue weighted by Crippen LogP contribution is 2.49. The first-order valence-electron chi connectivity index (χ1n) is 11.8. The van der Waals surface area contributed by atoms with Crippen LogP contribution in [0.25, 0.3) is 10.4 Å². The number of amides is 2. The third kappa shape index (κ3) is 3.99. The van der Waals surface area contributed by atoms with E-state index in [4.69, 9.17) is 15.2 Å². The summed E-state index contributed by atoms with van der Waals surface area (Å²) in [7, 11) is 0. The van der Waals surface area contributed by atoms with Gasteiger partial charge in [0.2, 0.25) is 0 Å². The maximum Gasteiger partial charge on any atom is 0.274 e. The van der Waals surface area contributed by atoms with Gasteiger partial charge in [0, 0.05) is 12.6 Å². The van der Waals surface area contributed by atoms with Gasteiger partial charge in [0.25, 0.3) is 11.8 Å². The highest BCUT2D eigenvalue weighted by Gasteiger charge is 2.54. The predicted molar refractivity (Wildman–Crippen MR) is 133 cm³/mol. The molecule has 2 amide bonds. The molecule has 1 saturated carbocycles. The Kier molecular flexibility index (Phi) is 5.36. The second kappa shape index (κ2) is 8.57. The molecule has 6 rings (SSSR count). The van der Waals surface area contributed by atoms with Crippen LogP contribution >= 0.6 is 11.3 Å². The van der Waals surface area contributed by atoms with E-state index in [1.54, 1.807) is 18.2 Å². The summed E-state index contributed by atoms with van der Waals surface area (Å²) in [5.74, 6) is 1.17. The van der Waals surface area contributed by atoms with E-state index < -0.39 is 0 Å². The number of benzene rings is 2. The number of fused-ring (bicyclic) bond motifs is 2. The van der Waals surface area contributed by atoms with Gasteiger partial charge in [-0.05, 0) is 43.4 Å². The molecule has 8 nitrogen and oxygen atoms in total. The van der Waals surface area contributed by atoms with E-state index in [1.165, 1.54) is 11.3 Å². The number of hydrogen-bond acceptors (Lipinski definition) is 7. The molecule has 3 atom stereocenters. The molecule has 0 radical (unpaired) electrons. The largest absolute Gasteiger partial charge is 0.486 e. The minimum atomic E-state index is -0.237. The minimum absolute atomic E-state index is 0.0970. The van der Waals surface area contributed by atoms with Gasteiger partial charge in [0.15, 0.2) is 16.6 Å². The molecular formula is C26H26N4O4S. The van der Waals surface area contributed by atoms with Crippen molar-refractivity contribution in [2.45, 2.75) is 31.8 Å². The number of hydrogen-bond donors (Lipinski definition) is 2. The van der Waals surface area contributed by atoms with Crippen LogP contribution in [-0.4, -0.2) is 53.5 Å². The molecule has 9 heteroatoms. The summed E-state index contributed by atoms with van der Waals surface area (Å²) in [6.45, 7) is 3.25. The number of ether oxygens (including phenoxy) is 2. The third-order valence-corrected chi connectivity index (χ3v) is 7.81. The van der Waals surface area contributed by atoms with E-state index in [9.17, 15) is 9.59 Å². The molecule has 2 aliphatic heterocycles. The molecule has 1 aliphatic carbocycles. The molecule has 35 heavy (non-hydrogen) atoms. The molecule has 0 bridgehead atoms. The lowest BCUT2D eigenvalue weighted by Gasteiger charge is -2.28. The van der Waals surface area contributed by atoms with Gasteiger partial charge >= 0.3 is 0 Å². The first kappa shape index (κ1) is 21.9. The fourth-order valence-electron chi connectivity index (χ4n) is 5.20. The van der Waals surface area contributed by atoms with E-state index in [1.807, 2.05) is 36.1 Å². The van der Waals surface area contributed by atoms with Gasteiger partial charge in [0.1, 0.15) is 18.9 Å². The number of thiazole rings is 1. The monoisotopic (exact) mass is 490 g/mol. The molecule has 0 spiro atoms. The number of rotatable bonds is 5. The summed E-state index contributed by atoms with van der Waals surface area (Å²) in [5, 5.41) is 3.39. The average Bonchev–Trinajstić information content (AvgIpc) is 3.35. The standard InChI is InChI=1S/C26H26N4O4S/c1-14-4-2-5-15(10-14)23-21(29-26(27)35-23)25(32)30-17(11-16-12-19(16)30)13-28-24(31)18-6-3-7-20-22(18)34-9-8-33-20/h2-7,10,16-17,19H,8-9,11-13H2,1H3,(H2,27,29)(H,28,31)/t16?,17?,19-/m0/s1. The van der Waals surface area contributed by atoms with E-state index in [0.717, 1.165) is 28.8 Å². The van der Waals surface area contributed by atoms with Crippen molar-refractivity contribution in [1.29, 1.82) is 0 Å². The summed E-state index contributed by atoms with van der Waals surface area (Å²) >= 11 is 1.33. The van der Waals surface area contributed by atoms with Gasteiger partial charge in [-0.1, -0.05) is 47.2 Å². The van der Waals surface area contributed by atoms with E-state index >= 15 is 0 Å². The number of anilines is 1. The number of likely N-dealkylation sites (tertiary alicyclic amines) is 1. The van der Waals surface area contributed by atoms with Crippen molar-refractivity contribution in [2.24, 2.45) is 5.92 Å². The Labute approximate surface area is 207 Å². The fraction of sp³-hybridized carbons (Fsp3) is 0.346. The number of piperidine rings is 1. The molecule has 2 unspecified atom stereocenters. The van der Waals surface area contributed by atoms with Crippen LogP contribution in [0.1, 0.15) is 39.3 Å². The number of nitrogen functional groups attached to an aromatic ring is 1. The highest BCUT2D eigenvalue weighted by atomic mass is 32.1. The van der Waals surface area contributed by atoms with Crippen molar-refractivity contribution >= 4 is 28.3 Å². The van der Waals surface area contributed by atoms with Crippen molar-refractivity contribution < 1.29 is 19.1 Å². The Morgan fingerprint density at radius 2 is 2.00 bits per heavy atom. The highest BCUT2D eigenvalue weighted by molar-refractivity contribution is 7.19. The zero-order valence-electron chi connectivity index (χ0n) is 19.3. The molecular weight excluding hydrogens is 464 g/mol. The molecule has 3 N–H and O–H groups in total. The number of nitrogens with zero attached hydrogens (tertiary/aromatic N) is 2. The number of nitrogens with two attached hydrogens (primary N) is 1. The van der Waals surface area contributed by atoms with Crippen LogP contribution in [0.3, 0.4) is 0 Å². The molecule has 1 saturated heterocycles. The zero-order valence-corrected chi connectivity index (χ0v) is 20.1. The number of aryl methyl sites for hydroxylation is 1. The summed E-state index contributed by atoms with van der Waals surface area (Å²) in [6.07, 6.45) is 1.86. The number of carbonyl (C=O) groups is 2. The van der Waals surface area contributed by atoms with Gasteiger partial charge < -0.3 is 25.4 Å². The van der Waals surface area contributed by atoms with Gasteiger partial charge in [-0.25, -0.2) is 4.98 Å². The Hall–Kier alpha value is -3.59. The van der Waals surface area contributed by atoms with Crippen LogP contribution < -0.4 is 20.5 Å². The summed E-state index contributed by atoms with van der Waals surface area (Å²) in [5.41, 5.74) is 8.93. The van der Waals surface area contributed by atoms with Crippen molar-refractivity contribution in [3.8, 4) is 21.9 Å². The smallest absolute Gasteiger partial charge is 0.274 e. The lowest BCUT2D eigenvalue weighted by atomic mass is 10.1. The summed E-state index contributed by atoms with van der Waals surface area (Å²) in [6, 6.07) is 13.4. The van der Waals surface area contributed by atoms with Crippen molar-refractivity contribution in [3.05, 3.63) is 59.3 Å². The fourth-order valence-corrected chi connectivity index (χ4v) is 6.02. The molecule has 1 aromatic heterocycles. The third-order valence-electron chi connectivity index (χ3n) is 6.88. The van der Waals surface area contributed by atoms with Gasteiger partial charge in [-0.3, -0.25) is 9.59 Å². The molecule has 3 aliphatic rings. The topological polar surface area (TPSA) is 107 Å². The van der Waals surface area contributed by atoms with Crippen molar-refractivity contribution in [3.63, 3.8) is 0 Å². The maximum atomic E-state index is 13.8.